The quantitative estimate of drug-likeness (QED) is 0.792. The molecule has 27 heavy (non-hydrogen) atoms. The molecule has 1 N–H and O–H groups in total. The van der Waals surface area contributed by atoms with E-state index < -0.39 is 6.10 Å². The lowest BCUT2D eigenvalue weighted by Crippen LogP contribution is -2.28. The first-order valence-electron chi connectivity index (χ1n) is 8.39. The number of carbonyl (C=O) groups is 2. The Hall–Kier alpha value is -3.35. The number of nitrogens with zero attached hydrogens (tertiary/aromatic N) is 1. The standard InChI is InChI=1S/C20H20N2O5/c1-12(23)13-7-9-14(10-8-13)21-20(24)18-11-16(22-27-18)15-5-4-6-17(25-2)19(15)26-3/h4-10,18H,11H2,1-3H3,(H,21,24)/t18-/m1/s1. The van der Waals surface area contributed by atoms with Crippen molar-refractivity contribution in [3.63, 3.8) is 0 Å². The van der Waals surface area contributed by atoms with Gasteiger partial charge in [-0.15, -0.1) is 0 Å². The van der Waals surface area contributed by atoms with Crippen LogP contribution in [0.1, 0.15) is 29.3 Å². The number of para-hydroxylation sites is 1. The number of nitrogens with one attached hydrogen (secondary N) is 1. The Morgan fingerprint density at radius 1 is 1.11 bits per heavy atom. The van der Waals surface area contributed by atoms with E-state index in [4.69, 9.17) is 14.3 Å². The minimum absolute atomic E-state index is 0.0303. The smallest absolute Gasteiger partial charge is 0.268 e. The summed E-state index contributed by atoms with van der Waals surface area (Å²) < 4.78 is 10.7. The van der Waals surface area contributed by atoms with E-state index in [1.165, 1.54) is 6.92 Å². The molecule has 7 heteroatoms. The minimum Gasteiger partial charge on any atom is -0.493 e. The second kappa shape index (κ2) is 7.90. The van der Waals surface area contributed by atoms with Crippen LogP contribution < -0.4 is 14.8 Å². The number of oxime groups is 1. The van der Waals surface area contributed by atoms with E-state index in [0.29, 0.717) is 34.9 Å². The lowest BCUT2D eigenvalue weighted by molar-refractivity contribution is -0.125. The summed E-state index contributed by atoms with van der Waals surface area (Å²) in [6.45, 7) is 1.49. The Balaban J connectivity index is 1.68. The molecule has 1 aliphatic rings. The van der Waals surface area contributed by atoms with Crippen molar-refractivity contribution in [1.29, 1.82) is 0 Å². The van der Waals surface area contributed by atoms with Crippen molar-refractivity contribution >= 4 is 23.1 Å². The number of anilines is 1. The zero-order valence-electron chi connectivity index (χ0n) is 15.3. The third-order valence-electron chi connectivity index (χ3n) is 4.23. The van der Waals surface area contributed by atoms with E-state index in [-0.39, 0.29) is 11.7 Å². The van der Waals surface area contributed by atoms with E-state index in [2.05, 4.69) is 10.5 Å². The Bertz CT molecular complexity index is 890. The monoisotopic (exact) mass is 368 g/mol. The van der Waals surface area contributed by atoms with Crippen LogP contribution in [0.15, 0.2) is 47.6 Å². The SMILES string of the molecule is COc1cccc(C2=NO[C@@H](C(=O)Nc3ccc(C(C)=O)cc3)C2)c1OC. The fourth-order valence-electron chi connectivity index (χ4n) is 2.80. The van der Waals surface area contributed by atoms with Crippen molar-refractivity contribution < 1.29 is 23.9 Å². The fraction of sp³-hybridized carbons (Fsp3) is 0.250. The number of carbonyl (C=O) groups excluding carboxylic acids is 2. The molecule has 1 amide bonds. The van der Waals surface area contributed by atoms with E-state index in [1.807, 2.05) is 12.1 Å². The zero-order valence-corrected chi connectivity index (χ0v) is 15.3. The van der Waals surface area contributed by atoms with E-state index in [1.54, 1.807) is 44.6 Å². The summed E-state index contributed by atoms with van der Waals surface area (Å²) in [6, 6.07) is 12.1. The van der Waals surface area contributed by atoms with Gasteiger partial charge in [0.1, 0.15) is 0 Å². The molecule has 1 heterocycles. The van der Waals surface area contributed by atoms with Crippen molar-refractivity contribution in [3.05, 3.63) is 53.6 Å². The van der Waals surface area contributed by atoms with Gasteiger partial charge in [-0.05, 0) is 43.3 Å². The van der Waals surface area contributed by atoms with Crippen molar-refractivity contribution in [2.75, 3.05) is 19.5 Å². The molecule has 0 unspecified atom stereocenters. The predicted octanol–water partition coefficient (Wildman–Crippen LogP) is 3.04. The minimum atomic E-state index is -0.747. The summed E-state index contributed by atoms with van der Waals surface area (Å²) in [4.78, 5) is 29.1. The normalized spacial score (nSPS) is 15.5. The lowest BCUT2D eigenvalue weighted by atomic mass is 10.0. The maximum Gasteiger partial charge on any atom is 0.268 e. The number of Topliss-reactive ketones (excluding diaryl/α,β-unsaturated/α-hetero) is 1. The van der Waals surface area contributed by atoms with Crippen LogP contribution in [0.5, 0.6) is 11.5 Å². The Morgan fingerprint density at radius 3 is 2.48 bits per heavy atom. The molecule has 140 valence electrons. The number of ketones is 1. The highest BCUT2D eigenvalue weighted by Gasteiger charge is 2.31. The summed E-state index contributed by atoms with van der Waals surface area (Å²) in [7, 11) is 3.11. The fourth-order valence-corrected chi connectivity index (χ4v) is 2.80. The number of benzene rings is 2. The van der Waals surface area contributed by atoms with E-state index >= 15 is 0 Å². The summed E-state index contributed by atoms with van der Waals surface area (Å²) in [6.07, 6.45) is -0.440. The molecule has 0 saturated carbocycles. The molecular formula is C20H20N2O5. The van der Waals surface area contributed by atoms with Crippen molar-refractivity contribution in [3.8, 4) is 11.5 Å². The highest BCUT2D eigenvalue weighted by molar-refractivity contribution is 6.08. The van der Waals surface area contributed by atoms with Crippen molar-refractivity contribution in [2.24, 2.45) is 5.16 Å². The molecule has 0 saturated heterocycles. The van der Waals surface area contributed by atoms with Crippen molar-refractivity contribution in [1.82, 2.24) is 0 Å². The molecule has 0 bridgehead atoms. The van der Waals surface area contributed by atoms with Crippen LogP contribution in [0.25, 0.3) is 0 Å². The molecule has 0 fully saturated rings. The summed E-state index contributed by atoms with van der Waals surface area (Å²) in [5.41, 5.74) is 2.50. The maximum atomic E-state index is 12.5. The van der Waals surface area contributed by atoms with Crippen LogP contribution in [0.3, 0.4) is 0 Å². The highest BCUT2D eigenvalue weighted by atomic mass is 16.6. The summed E-state index contributed by atoms with van der Waals surface area (Å²) >= 11 is 0. The van der Waals surface area contributed by atoms with Crippen molar-refractivity contribution in [2.45, 2.75) is 19.4 Å². The number of hydrogen-bond donors (Lipinski definition) is 1. The van der Waals surface area contributed by atoms with Gasteiger partial charge in [-0.3, -0.25) is 9.59 Å². The number of ether oxygens (including phenoxy) is 2. The van der Waals surface area contributed by atoms with Gasteiger partial charge in [-0.2, -0.15) is 0 Å². The molecule has 7 nitrogen and oxygen atoms in total. The molecule has 1 atom stereocenters. The van der Waals surface area contributed by atoms with Crippen LogP contribution >= 0.6 is 0 Å². The Morgan fingerprint density at radius 2 is 1.85 bits per heavy atom. The van der Waals surface area contributed by atoms with E-state index in [9.17, 15) is 9.59 Å². The molecule has 0 aromatic heterocycles. The van der Waals surface area contributed by atoms with Gasteiger partial charge < -0.3 is 19.6 Å². The molecule has 2 aromatic rings. The van der Waals surface area contributed by atoms with Crippen LogP contribution in [-0.2, 0) is 9.63 Å². The maximum absolute atomic E-state index is 12.5. The number of rotatable bonds is 6. The number of hydrogen-bond acceptors (Lipinski definition) is 6. The summed E-state index contributed by atoms with van der Waals surface area (Å²) in [5, 5.41) is 6.82. The molecular weight excluding hydrogens is 348 g/mol. The number of amides is 1. The number of methoxy groups -OCH3 is 2. The van der Waals surface area contributed by atoms with Gasteiger partial charge in [-0.25, -0.2) is 0 Å². The topological polar surface area (TPSA) is 86.2 Å². The lowest BCUT2D eigenvalue weighted by Gasteiger charge is -2.12. The second-order valence-corrected chi connectivity index (χ2v) is 6.00. The summed E-state index contributed by atoms with van der Waals surface area (Å²) in [5.74, 6) is 0.780. The van der Waals surface area contributed by atoms with Gasteiger partial charge in [-0.1, -0.05) is 11.2 Å². The zero-order chi connectivity index (χ0) is 19.4. The average molecular weight is 368 g/mol. The van der Waals surface area contributed by atoms with E-state index in [0.717, 1.165) is 5.56 Å². The molecule has 0 radical (unpaired) electrons. The molecule has 2 aromatic carbocycles. The second-order valence-electron chi connectivity index (χ2n) is 6.00. The molecule has 3 rings (SSSR count). The average Bonchev–Trinajstić information content (AvgIpc) is 3.17. The first kappa shape index (κ1) is 18.4. The van der Waals surface area contributed by atoms with Gasteiger partial charge >= 0.3 is 0 Å². The third kappa shape index (κ3) is 3.92. The van der Waals surface area contributed by atoms with Gasteiger partial charge in [0.05, 0.1) is 19.9 Å². The van der Waals surface area contributed by atoms with Crippen LogP contribution in [0, 0.1) is 0 Å². The van der Waals surface area contributed by atoms with Crippen LogP contribution in [0.4, 0.5) is 5.69 Å². The van der Waals surface area contributed by atoms with Gasteiger partial charge in [0.2, 0.25) is 6.10 Å². The molecule has 1 aliphatic heterocycles. The van der Waals surface area contributed by atoms with Gasteiger partial charge in [0.15, 0.2) is 17.3 Å². The van der Waals surface area contributed by atoms with Crippen LogP contribution in [0.2, 0.25) is 0 Å². The predicted molar refractivity (Wildman–Crippen MR) is 101 cm³/mol. The molecule has 0 aliphatic carbocycles. The third-order valence-corrected chi connectivity index (χ3v) is 4.23. The Kier molecular flexibility index (Phi) is 5.40. The van der Waals surface area contributed by atoms with Crippen LogP contribution in [-0.4, -0.2) is 37.7 Å². The first-order valence-corrected chi connectivity index (χ1v) is 8.39. The first-order chi connectivity index (χ1) is 13.0. The Labute approximate surface area is 156 Å². The largest absolute Gasteiger partial charge is 0.493 e. The van der Waals surface area contributed by atoms with Gasteiger partial charge in [0, 0.05) is 23.2 Å². The highest BCUT2D eigenvalue weighted by Crippen LogP contribution is 2.33. The molecule has 0 spiro atoms. The van der Waals surface area contributed by atoms with Gasteiger partial charge in [0.25, 0.3) is 5.91 Å².